The third kappa shape index (κ3) is 4.58. The van der Waals surface area contributed by atoms with Gasteiger partial charge in [0.1, 0.15) is 12.4 Å². The molecule has 2 aliphatic rings. The van der Waals surface area contributed by atoms with Crippen LogP contribution < -0.4 is 15.0 Å². The molecule has 0 radical (unpaired) electrons. The quantitative estimate of drug-likeness (QED) is 0.735. The average Bonchev–Trinajstić information content (AvgIpc) is 3.46. The molecule has 1 atom stereocenters. The number of fused-ring (bicyclic) bond motifs is 1. The molecule has 1 fully saturated rings. The number of amides is 2. The Morgan fingerprint density at radius 3 is 2.75 bits per heavy atom. The minimum Gasteiger partial charge on any atom is -0.489 e. The van der Waals surface area contributed by atoms with E-state index in [1.54, 1.807) is 25.1 Å². The fourth-order valence-electron chi connectivity index (χ4n) is 3.44. The Bertz CT molecular complexity index is 730. The van der Waals surface area contributed by atoms with E-state index >= 15 is 0 Å². The van der Waals surface area contributed by atoms with E-state index in [4.69, 9.17) is 9.47 Å². The number of hydrogen-bond donors (Lipinski definition) is 1. The van der Waals surface area contributed by atoms with Gasteiger partial charge in [-0.2, -0.15) is 0 Å². The molecule has 28 heavy (non-hydrogen) atoms. The third-order valence-electron chi connectivity index (χ3n) is 5.62. The Morgan fingerprint density at radius 1 is 1.36 bits per heavy atom. The molecule has 0 saturated heterocycles. The molecule has 0 spiro atoms. The van der Waals surface area contributed by atoms with Gasteiger partial charge in [-0.3, -0.25) is 9.59 Å². The molecule has 154 valence electrons. The number of nitrogens with one attached hydrogen (secondary N) is 1. The van der Waals surface area contributed by atoms with Gasteiger partial charge in [0.25, 0.3) is 5.91 Å². The summed E-state index contributed by atoms with van der Waals surface area (Å²) in [6.45, 7) is 4.52. The van der Waals surface area contributed by atoms with Crippen molar-refractivity contribution in [1.82, 2.24) is 10.2 Å². The SMILES string of the molecule is CCOCC1(CNC(=O)CC2COc3ccc(C(=O)N(C)C)cc3N2C)CC1. The van der Waals surface area contributed by atoms with Crippen LogP contribution >= 0.6 is 0 Å². The van der Waals surface area contributed by atoms with Crippen LogP contribution in [0.5, 0.6) is 5.75 Å². The molecule has 2 amide bonds. The molecule has 3 rings (SSSR count). The van der Waals surface area contributed by atoms with Crippen molar-refractivity contribution in [2.24, 2.45) is 5.41 Å². The summed E-state index contributed by atoms with van der Waals surface area (Å²) in [7, 11) is 5.40. The van der Waals surface area contributed by atoms with Crippen LogP contribution in [-0.2, 0) is 9.53 Å². The first kappa shape index (κ1) is 20.5. The number of hydrogen-bond acceptors (Lipinski definition) is 5. The first-order chi connectivity index (χ1) is 13.3. The highest BCUT2D eigenvalue weighted by Gasteiger charge is 2.43. The van der Waals surface area contributed by atoms with Crippen molar-refractivity contribution in [3.05, 3.63) is 23.8 Å². The van der Waals surface area contributed by atoms with Crippen LogP contribution in [0.15, 0.2) is 18.2 Å². The van der Waals surface area contributed by atoms with Crippen molar-refractivity contribution in [2.45, 2.75) is 32.2 Å². The van der Waals surface area contributed by atoms with Crippen molar-refractivity contribution in [2.75, 3.05) is 52.4 Å². The number of ether oxygens (including phenoxy) is 2. The molecule has 1 heterocycles. The molecule has 1 N–H and O–H groups in total. The number of carbonyl (C=O) groups is 2. The lowest BCUT2D eigenvalue weighted by atomic mass is 10.1. The van der Waals surface area contributed by atoms with Crippen molar-refractivity contribution < 1.29 is 19.1 Å². The Kier molecular flexibility index (Phi) is 6.13. The van der Waals surface area contributed by atoms with E-state index in [1.807, 2.05) is 31.0 Å². The summed E-state index contributed by atoms with van der Waals surface area (Å²) < 4.78 is 11.4. The molecule has 0 aromatic heterocycles. The van der Waals surface area contributed by atoms with Gasteiger partial charge in [0.05, 0.1) is 24.8 Å². The maximum Gasteiger partial charge on any atom is 0.253 e. The van der Waals surface area contributed by atoms with Gasteiger partial charge in [-0.1, -0.05) is 0 Å². The van der Waals surface area contributed by atoms with Crippen molar-refractivity contribution in [1.29, 1.82) is 0 Å². The summed E-state index contributed by atoms with van der Waals surface area (Å²) in [4.78, 5) is 28.3. The highest BCUT2D eigenvalue weighted by molar-refractivity contribution is 5.95. The van der Waals surface area contributed by atoms with Crippen molar-refractivity contribution in [3.63, 3.8) is 0 Å². The van der Waals surface area contributed by atoms with Gasteiger partial charge in [-0.15, -0.1) is 0 Å². The Balaban J connectivity index is 1.59. The Hall–Kier alpha value is -2.28. The molecule has 1 aliphatic heterocycles. The van der Waals surface area contributed by atoms with Crippen LogP contribution in [0.3, 0.4) is 0 Å². The molecule has 1 aliphatic carbocycles. The van der Waals surface area contributed by atoms with Gasteiger partial charge in [-0.25, -0.2) is 0 Å². The molecular weight excluding hydrogens is 358 g/mol. The summed E-state index contributed by atoms with van der Waals surface area (Å²) in [5.41, 5.74) is 1.58. The van der Waals surface area contributed by atoms with E-state index in [9.17, 15) is 9.59 Å². The predicted octanol–water partition coefficient (Wildman–Crippen LogP) is 1.91. The number of rotatable bonds is 8. The minimum atomic E-state index is -0.0701. The molecule has 1 aromatic rings. The van der Waals surface area contributed by atoms with E-state index in [2.05, 4.69) is 5.32 Å². The van der Waals surface area contributed by atoms with Crippen LogP contribution in [0, 0.1) is 5.41 Å². The summed E-state index contributed by atoms with van der Waals surface area (Å²) in [6, 6.07) is 5.36. The fourth-order valence-corrected chi connectivity index (χ4v) is 3.44. The van der Waals surface area contributed by atoms with E-state index in [0.29, 0.717) is 38.3 Å². The topological polar surface area (TPSA) is 71.1 Å². The van der Waals surface area contributed by atoms with Gasteiger partial charge in [-0.05, 0) is 38.0 Å². The lowest BCUT2D eigenvalue weighted by molar-refractivity contribution is -0.122. The molecule has 7 heteroatoms. The number of benzene rings is 1. The van der Waals surface area contributed by atoms with Crippen molar-refractivity contribution >= 4 is 17.5 Å². The number of nitrogens with zero attached hydrogens (tertiary/aromatic N) is 2. The van der Waals surface area contributed by atoms with E-state index < -0.39 is 0 Å². The fraction of sp³-hybridized carbons (Fsp3) is 0.619. The normalized spacial score (nSPS) is 19.4. The number of anilines is 1. The first-order valence-corrected chi connectivity index (χ1v) is 9.91. The average molecular weight is 389 g/mol. The zero-order valence-electron chi connectivity index (χ0n) is 17.3. The zero-order chi connectivity index (χ0) is 20.3. The predicted molar refractivity (Wildman–Crippen MR) is 108 cm³/mol. The largest absolute Gasteiger partial charge is 0.489 e. The minimum absolute atomic E-state index is 0.0206. The van der Waals surface area contributed by atoms with Gasteiger partial charge in [0.2, 0.25) is 5.91 Å². The van der Waals surface area contributed by atoms with Gasteiger partial charge < -0.3 is 24.6 Å². The lowest BCUT2D eigenvalue weighted by Gasteiger charge is -2.36. The molecule has 1 saturated carbocycles. The second kappa shape index (κ2) is 8.39. The van der Waals surface area contributed by atoms with Gasteiger partial charge >= 0.3 is 0 Å². The monoisotopic (exact) mass is 389 g/mol. The maximum absolute atomic E-state index is 12.5. The summed E-state index contributed by atoms with van der Waals surface area (Å²) >= 11 is 0. The van der Waals surface area contributed by atoms with Crippen LogP contribution in [0.4, 0.5) is 5.69 Å². The summed E-state index contributed by atoms with van der Waals surface area (Å²) in [5, 5.41) is 3.07. The summed E-state index contributed by atoms with van der Waals surface area (Å²) in [6.07, 6.45) is 2.57. The van der Waals surface area contributed by atoms with Crippen LogP contribution in [-0.4, -0.2) is 70.3 Å². The van der Waals surface area contributed by atoms with E-state index in [0.717, 1.165) is 24.3 Å². The van der Waals surface area contributed by atoms with Gasteiger partial charge in [0, 0.05) is 45.3 Å². The van der Waals surface area contributed by atoms with Crippen LogP contribution in [0.25, 0.3) is 0 Å². The Morgan fingerprint density at radius 2 is 2.11 bits per heavy atom. The molecule has 0 bridgehead atoms. The van der Waals surface area contributed by atoms with E-state index in [-0.39, 0.29) is 23.3 Å². The van der Waals surface area contributed by atoms with Crippen LogP contribution in [0.2, 0.25) is 0 Å². The molecule has 7 nitrogen and oxygen atoms in total. The highest BCUT2D eigenvalue weighted by atomic mass is 16.5. The lowest BCUT2D eigenvalue weighted by Crippen LogP contribution is -2.44. The number of likely N-dealkylation sites (N-methyl/N-ethyl adjacent to an activating group) is 1. The molecular formula is C21H31N3O4. The second-order valence-electron chi connectivity index (χ2n) is 8.08. The number of carbonyl (C=O) groups excluding carboxylic acids is 2. The highest BCUT2D eigenvalue weighted by Crippen LogP contribution is 2.45. The van der Waals surface area contributed by atoms with Gasteiger partial charge in [0.15, 0.2) is 0 Å². The van der Waals surface area contributed by atoms with E-state index in [1.165, 1.54) is 0 Å². The summed E-state index contributed by atoms with van der Waals surface area (Å²) in [5.74, 6) is 0.704. The molecule has 1 aromatic carbocycles. The van der Waals surface area contributed by atoms with Crippen molar-refractivity contribution in [3.8, 4) is 5.75 Å². The Labute approximate surface area is 167 Å². The molecule has 1 unspecified atom stereocenters. The standard InChI is InChI=1S/C21H31N3O4/c1-5-27-14-21(8-9-21)13-22-19(25)11-16-12-28-18-7-6-15(20(26)23(2)3)10-17(18)24(16)4/h6-7,10,16H,5,8-9,11-14H2,1-4H3,(H,22,25). The zero-order valence-corrected chi connectivity index (χ0v) is 17.3. The smallest absolute Gasteiger partial charge is 0.253 e. The maximum atomic E-state index is 12.5. The van der Waals surface area contributed by atoms with Crippen LogP contribution in [0.1, 0.15) is 36.5 Å². The second-order valence-corrected chi connectivity index (χ2v) is 8.08. The first-order valence-electron chi connectivity index (χ1n) is 9.91. The third-order valence-corrected chi connectivity index (χ3v) is 5.62.